The van der Waals surface area contributed by atoms with Crippen LogP contribution >= 0.6 is 0 Å². The van der Waals surface area contributed by atoms with Crippen molar-refractivity contribution in [3.8, 4) is 0 Å². The highest BCUT2D eigenvalue weighted by Gasteiger charge is 2.21. The highest BCUT2D eigenvalue weighted by molar-refractivity contribution is 5.78. The number of benzene rings is 1. The molecule has 0 amide bonds. The number of anilines is 2. The number of rotatable bonds is 2. The van der Waals surface area contributed by atoms with Crippen LogP contribution in [-0.2, 0) is 0 Å². The second-order valence-corrected chi connectivity index (χ2v) is 3.16. The van der Waals surface area contributed by atoms with Crippen molar-refractivity contribution in [2.75, 3.05) is 23.4 Å². The molecule has 0 saturated carbocycles. The van der Waals surface area contributed by atoms with Gasteiger partial charge < -0.3 is 9.80 Å². The normalized spacial score (nSPS) is 14.5. The molecule has 1 aromatic carbocycles. The van der Waals surface area contributed by atoms with E-state index in [1.54, 1.807) is 0 Å². The van der Waals surface area contributed by atoms with E-state index in [2.05, 4.69) is 54.4 Å². The van der Waals surface area contributed by atoms with Gasteiger partial charge in [0.15, 0.2) is 0 Å². The Bertz CT molecular complexity index is 320. The zero-order chi connectivity index (χ0) is 9.26. The summed E-state index contributed by atoms with van der Waals surface area (Å²) in [7, 11) is 2.06. The first-order valence-electron chi connectivity index (χ1n) is 4.37. The van der Waals surface area contributed by atoms with Gasteiger partial charge in [0, 0.05) is 13.6 Å². The summed E-state index contributed by atoms with van der Waals surface area (Å²) in [6.07, 6.45) is 1.91. The van der Waals surface area contributed by atoms with Crippen LogP contribution in [-0.4, -0.2) is 13.6 Å². The van der Waals surface area contributed by atoms with Crippen molar-refractivity contribution >= 4 is 11.4 Å². The minimum absolute atomic E-state index is 0.862. The van der Waals surface area contributed by atoms with Gasteiger partial charge in [-0.3, -0.25) is 0 Å². The van der Waals surface area contributed by atoms with Gasteiger partial charge >= 0.3 is 0 Å². The lowest BCUT2D eigenvalue weighted by atomic mass is 10.2. The van der Waals surface area contributed by atoms with E-state index >= 15 is 0 Å². The van der Waals surface area contributed by atoms with Crippen molar-refractivity contribution in [1.29, 1.82) is 0 Å². The lowest BCUT2D eigenvalue weighted by Gasteiger charge is -2.15. The van der Waals surface area contributed by atoms with Crippen LogP contribution in [0.15, 0.2) is 36.9 Å². The quantitative estimate of drug-likeness (QED) is 0.633. The van der Waals surface area contributed by atoms with Crippen LogP contribution in [0.3, 0.4) is 0 Å². The molecule has 0 unspecified atom stereocenters. The fourth-order valence-electron chi connectivity index (χ4n) is 1.62. The van der Waals surface area contributed by atoms with Crippen LogP contribution in [0.1, 0.15) is 0 Å². The molecule has 0 N–H and O–H groups in total. The van der Waals surface area contributed by atoms with E-state index in [-0.39, 0.29) is 0 Å². The highest BCUT2D eigenvalue weighted by atomic mass is 15.4. The third-order valence-electron chi connectivity index (χ3n) is 2.21. The van der Waals surface area contributed by atoms with Gasteiger partial charge in [-0.1, -0.05) is 18.2 Å². The minimum Gasteiger partial charge on any atom is -0.349 e. The molecule has 67 valence electrons. The molecule has 2 nitrogen and oxygen atoms in total. The van der Waals surface area contributed by atoms with Gasteiger partial charge in [0.1, 0.15) is 6.67 Å². The van der Waals surface area contributed by atoms with Gasteiger partial charge in [0.25, 0.3) is 0 Å². The van der Waals surface area contributed by atoms with Crippen LogP contribution in [0.25, 0.3) is 0 Å². The monoisotopic (exact) mass is 173 g/mol. The summed E-state index contributed by atoms with van der Waals surface area (Å²) in [5.74, 6) is 0. The summed E-state index contributed by atoms with van der Waals surface area (Å²) in [5, 5.41) is 0. The number of hydrogen-bond acceptors (Lipinski definition) is 2. The Balaban J connectivity index is 2.35. The first-order chi connectivity index (χ1) is 6.33. The maximum atomic E-state index is 3.74. The molecule has 1 aromatic rings. The molecule has 1 radical (unpaired) electrons. The maximum Gasteiger partial charge on any atom is 0.142 e. The Labute approximate surface area is 79.1 Å². The van der Waals surface area contributed by atoms with Crippen molar-refractivity contribution in [2.24, 2.45) is 0 Å². The van der Waals surface area contributed by atoms with E-state index < -0.39 is 0 Å². The van der Waals surface area contributed by atoms with E-state index in [9.17, 15) is 0 Å². The fraction of sp³-hybridized carbons (Fsp3) is 0.182. The van der Waals surface area contributed by atoms with Crippen LogP contribution in [0, 0.1) is 6.67 Å². The van der Waals surface area contributed by atoms with Gasteiger partial charge in [0.05, 0.1) is 11.4 Å². The third-order valence-corrected chi connectivity index (χ3v) is 2.21. The second kappa shape index (κ2) is 3.13. The molecule has 0 fully saturated rings. The van der Waals surface area contributed by atoms with Gasteiger partial charge in [-0.2, -0.15) is 0 Å². The lowest BCUT2D eigenvalue weighted by Crippen LogP contribution is -2.21. The molecule has 2 rings (SSSR count). The second-order valence-electron chi connectivity index (χ2n) is 3.16. The molecular weight excluding hydrogens is 160 g/mol. The van der Waals surface area contributed by atoms with E-state index in [1.807, 2.05) is 6.08 Å². The highest BCUT2D eigenvalue weighted by Crippen LogP contribution is 2.36. The van der Waals surface area contributed by atoms with E-state index in [0.717, 1.165) is 6.54 Å². The van der Waals surface area contributed by atoms with E-state index in [0.29, 0.717) is 0 Å². The average molecular weight is 173 g/mol. The molecule has 13 heavy (non-hydrogen) atoms. The summed E-state index contributed by atoms with van der Waals surface area (Å²) in [6.45, 7) is 6.69. The molecule has 0 spiro atoms. The molecule has 0 bridgehead atoms. The molecule has 0 aromatic heterocycles. The Morgan fingerprint density at radius 1 is 1.31 bits per heavy atom. The van der Waals surface area contributed by atoms with Crippen LogP contribution in [0.2, 0.25) is 0 Å². The average Bonchev–Trinajstić information content (AvgIpc) is 2.46. The van der Waals surface area contributed by atoms with Crippen molar-refractivity contribution in [3.63, 3.8) is 0 Å². The SMILES string of the molecule is C=CCN1[CH]N(C)c2ccccc21. The van der Waals surface area contributed by atoms with E-state index in [4.69, 9.17) is 0 Å². The Kier molecular flexibility index (Phi) is 1.97. The molecule has 0 aliphatic carbocycles. The number of fused-ring (bicyclic) bond motifs is 1. The summed E-state index contributed by atoms with van der Waals surface area (Å²) in [5.41, 5.74) is 2.51. The number of para-hydroxylation sites is 2. The van der Waals surface area contributed by atoms with Crippen LogP contribution in [0.4, 0.5) is 11.4 Å². The largest absolute Gasteiger partial charge is 0.349 e. The molecular formula is C11H13N2. The topological polar surface area (TPSA) is 6.48 Å². The van der Waals surface area contributed by atoms with Gasteiger partial charge in [-0.15, -0.1) is 6.58 Å². The first-order valence-corrected chi connectivity index (χ1v) is 4.37. The Morgan fingerprint density at radius 2 is 2.00 bits per heavy atom. The number of nitrogens with zero attached hydrogens (tertiary/aromatic N) is 2. The summed E-state index contributed by atoms with van der Waals surface area (Å²) < 4.78 is 0. The predicted octanol–water partition coefficient (Wildman–Crippen LogP) is 2.25. The van der Waals surface area contributed by atoms with Crippen molar-refractivity contribution < 1.29 is 0 Å². The molecule has 0 saturated heterocycles. The summed E-state index contributed by atoms with van der Waals surface area (Å²) in [4.78, 5) is 4.31. The smallest absolute Gasteiger partial charge is 0.142 e. The van der Waals surface area contributed by atoms with Gasteiger partial charge in [-0.25, -0.2) is 0 Å². The van der Waals surface area contributed by atoms with Gasteiger partial charge in [-0.05, 0) is 12.1 Å². The zero-order valence-electron chi connectivity index (χ0n) is 7.77. The van der Waals surface area contributed by atoms with Crippen molar-refractivity contribution in [3.05, 3.63) is 43.6 Å². The summed E-state index contributed by atoms with van der Waals surface area (Å²) in [6, 6.07) is 8.36. The summed E-state index contributed by atoms with van der Waals surface area (Å²) >= 11 is 0. The van der Waals surface area contributed by atoms with Gasteiger partial charge in [0.2, 0.25) is 0 Å². The van der Waals surface area contributed by atoms with Crippen LogP contribution in [0.5, 0.6) is 0 Å². The van der Waals surface area contributed by atoms with Crippen molar-refractivity contribution in [2.45, 2.75) is 0 Å². The molecule has 2 heteroatoms. The standard InChI is InChI=1S/C11H13N2/c1-3-8-13-9-12(2)10-6-4-5-7-11(10)13/h3-7,9H,1,8H2,2H3. The molecule has 1 aliphatic heterocycles. The molecule has 0 atom stereocenters. The Hall–Kier alpha value is -1.44. The number of hydrogen-bond donors (Lipinski definition) is 0. The fourth-order valence-corrected chi connectivity index (χ4v) is 1.62. The third kappa shape index (κ3) is 1.28. The molecule has 1 heterocycles. The molecule has 1 aliphatic rings. The maximum absolute atomic E-state index is 3.74. The zero-order valence-corrected chi connectivity index (χ0v) is 7.77. The van der Waals surface area contributed by atoms with Crippen molar-refractivity contribution in [1.82, 2.24) is 0 Å². The van der Waals surface area contributed by atoms with E-state index in [1.165, 1.54) is 11.4 Å². The minimum atomic E-state index is 0.862. The lowest BCUT2D eigenvalue weighted by molar-refractivity contribution is 0.986. The first kappa shape index (κ1) is 8.17. The Morgan fingerprint density at radius 3 is 2.69 bits per heavy atom. The van der Waals surface area contributed by atoms with Crippen LogP contribution < -0.4 is 9.80 Å². The predicted molar refractivity (Wildman–Crippen MR) is 56.7 cm³/mol.